The van der Waals surface area contributed by atoms with Crippen molar-refractivity contribution in [1.82, 2.24) is 0 Å². The molecule has 0 aliphatic heterocycles. The molecule has 1 unspecified atom stereocenters. The SMILES string of the molecule is CSc1cccc(CBr)c1C(Cl)C(C)=O. The second kappa shape index (κ2) is 5.92. The maximum Gasteiger partial charge on any atom is 0.152 e. The normalized spacial score (nSPS) is 12.5. The molecule has 1 aromatic carbocycles. The molecule has 0 saturated carbocycles. The van der Waals surface area contributed by atoms with Gasteiger partial charge in [0.1, 0.15) is 5.38 Å². The molecule has 0 aliphatic carbocycles. The highest BCUT2D eigenvalue weighted by Crippen LogP contribution is 2.34. The number of halogens is 2. The van der Waals surface area contributed by atoms with E-state index in [1.807, 2.05) is 24.5 Å². The van der Waals surface area contributed by atoms with E-state index in [1.165, 1.54) is 6.92 Å². The highest BCUT2D eigenvalue weighted by atomic mass is 79.9. The van der Waals surface area contributed by atoms with E-state index in [0.29, 0.717) is 5.33 Å². The Balaban J connectivity index is 3.27. The van der Waals surface area contributed by atoms with Crippen molar-refractivity contribution in [3.8, 4) is 0 Å². The topological polar surface area (TPSA) is 17.1 Å². The number of carbonyl (C=O) groups is 1. The van der Waals surface area contributed by atoms with Crippen LogP contribution in [0.4, 0.5) is 0 Å². The van der Waals surface area contributed by atoms with Crippen LogP contribution >= 0.6 is 39.3 Å². The zero-order chi connectivity index (χ0) is 11.4. The van der Waals surface area contributed by atoms with Crippen molar-refractivity contribution in [3.05, 3.63) is 29.3 Å². The highest BCUT2D eigenvalue weighted by Gasteiger charge is 2.19. The lowest BCUT2D eigenvalue weighted by Gasteiger charge is -2.14. The van der Waals surface area contributed by atoms with Crippen LogP contribution in [0, 0.1) is 0 Å². The van der Waals surface area contributed by atoms with E-state index in [2.05, 4.69) is 15.9 Å². The van der Waals surface area contributed by atoms with Gasteiger partial charge in [0.2, 0.25) is 0 Å². The molecule has 1 nitrogen and oxygen atoms in total. The van der Waals surface area contributed by atoms with E-state index in [4.69, 9.17) is 11.6 Å². The minimum atomic E-state index is -0.541. The number of benzene rings is 1. The molecule has 4 heteroatoms. The largest absolute Gasteiger partial charge is 0.298 e. The monoisotopic (exact) mass is 306 g/mol. The lowest BCUT2D eigenvalue weighted by Crippen LogP contribution is -2.06. The van der Waals surface area contributed by atoms with Crippen molar-refractivity contribution in [1.29, 1.82) is 0 Å². The molecule has 1 aromatic rings. The molecule has 0 aliphatic rings. The third-order valence-corrected chi connectivity index (χ3v) is 4.06. The lowest BCUT2D eigenvalue weighted by molar-refractivity contribution is -0.116. The predicted octanol–water partition coefficient (Wildman–Crippen LogP) is 4.17. The Kier molecular flexibility index (Phi) is 5.16. The molecule has 0 saturated heterocycles. The average Bonchev–Trinajstić information content (AvgIpc) is 2.26. The van der Waals surface area contributed by atoms with Gasteiger partial charge in [0, 0.05) is 10.2 Å². The summed E-state index contributed by atoms with van der Waals surface area (Å²) in [6.07, 6.45) is 1.99. The summed E-state index contributed by atoms with van der Waals surface area (Å²) < 4.78 is 0. The van der Waals surface area contributed by atoms with Gasteiger partial charge in [-0.25, -0.2) is 0 Å². The molecule has 1 rings (SSSR count). The third-order valence-electron chi connectivity index (χ3n) is 2.13. The van der Waals surface area contributed by atoms with E-state index in [1.54, 1.807) is 11.8 Å². The van der Waals surface area contributed by atoms with E-state index >= 15 is 0 Å². The first kappa shape index (κ1) is 13.1. The number of rotatable bonds is 4. The Labute approximate surface area is 108 Å². The van der Waals surface area contributed by atoms with Crippen LogP contribution in [0.15, 0.2) is 23.1 Å². The number of Topliss-reactive ketones (excluding diaryl/α,β-unsaturated/α-hetero) is 1. The first-order chi connectivity index (χ1) is 7.11. The zero-order valence-electron chi connectivity index (χ0n) is 8.59. The molecule has 0 spiro atoms. The van der Waals surface area contributed by atoms with E-state index in [9.17, 15) is 4.79 Å². The van der Waals surface area contributed by atoms with Gasteiger partial charge in [-0.15, -0.1) is 23.4 Å². The summed E-state index contributed by atoms with van der Waals surface area (Å²) >= 11 is 11.1. The summed E-state index contributed by atoms with van der Waals surface area (Å²) in [5.41, 5.74) is 2.02. The van der Waals surface area contributed by atoms with Crippen LogP contribution in [0.1, 0.15) is 23.4 Å². The maximum absolute atomic E-state index is 11.3. The fraction of sp³-hybridized carbons (Fsp3) is 0.364. The third kappa shape index (κ3) is 2.99. The average molecular weight is 308 g/mol. The van der Waals surface area contributed by atoms with Crippen LogP contribution in [-0.4, -0.2) is 12.0 Å². The molecular weight excluding hydrogens is 296 g/mol. The molecule has 0 radical (unpaired) electrons. The summed E-state index contributed by atoms with van der Waals surface area (Å²) in [7, 11) is 0. The number of hydrogen-bond acceptors (Lipinski definition) is 2. The number of ketones is 1. The van der Waals surface area contributed by atoms with Crippen molar-refractivity contribution in [2.45, 2.75) is 22.5 Å². The molecule has 0 N–H and O–H groups in total. The molecule has 0 fully saturated rings. The van der Waals surface area contributed by atoms with Gasteiger partial charge in [-0.3, -0.25) is 4.79 Å². The molecule has 0 aromatic heterocycles. The number of alkyl halides is 2. The number of carbonyl (C=O) groups excluding carboxylic acids is 1. The van der Waals surface area contributed by atoms with Crippen molar-refractivity contribution >= 4 is 45.1 Å². The summed E-state index contributed by atoms with van der Waals surface area (Å²) in [5.74, 6) is -0.0135. The van der Waals surface area contributed by atoms with Gasteiger partial charge in [0.15, 0.2) is 5.78 Å². The summed E-state index contributed by atoms with van der Waals surface area (Å²) in [6.45, 7) is 1.52. The maximum atomic E-state index is 11.3. The minimum Gasteiger partial charge on any atom is -0.298 e. The van der Waals surface area contributed by atoms with E-state index in [-0.39, 0.29) is 5.78 Å². The summed E-state index contributed by atoms with van der Waals surface area (Å²) in [6, 6.07) is 5.96. The van der Waals surface area contributed by atoms with Gasteiger partial charge >= 0.3 is 0 Å². The first-order valence-electron chi connectivity index (χ1n) is 4.48. The van der Waals surface area contributed by atoms with Crippen molar-refractivity contribution in [2.24, 2.45) is 0 Å². The van der Waals surface area contributed by atoms with Gasteiger partial charge in [-0.2, -0.15) is 0 Å². The fourth-order valence-corrected chi connectivity index (χ4v) is 2.87. The van der Waals surface area contributed by atoms with Crippen molar-refractivity contribution in [2.75, 3.05) is 6.26 Å². The van der Waals surface area contributed by atoms with Crippen LogP contribution in [0.3, 0.4) is 0 Å². The van der Waals surface area contributed by atoms with Gasteiger partial charge in [-0.1, -0.05) is 28.1 Å². The molecule has 1 atom stereocenters. The Bertz CT molecular complexity index is 345. The zero-order valence-corrected chi connectivity index (χ0v) is 11.7. The number of hydrogen-bond donors (Lipinski definition) is 0. The highest BCUT2D eigenvalue weighted by molar-refractivity contribution is 9.08. The molecule has 82 valence electrons. The van der Waals surface area contributed by atoms with Crippen LogP contribution in [0.2, 0.25) is 0 Å². The van der Waals surface area contributed by atoms with Gasteiger partial charge in [-0.05, 0) is 30.4 Å². The first-order valence-corrected chi connectivity index (χ1v) is 7.26. The predicted molar refractivity (Wildman–Crippen MR) is 70.1 cm³/mol. The minimum absolute atomic E-state index is 0.0135. The molecule has 15 heavy (non-hydrogen) atoms. The smallest absolute Gasteiger partial charge is 0.152 e. The van der Waals surface area contributed by atoms with E-state index < -0.39 is 5.38 Å². The van der Waals surface area contributed by atoms with Crippen LogP contribution in [0.5, 0.6) is 0 Å². The van der Waals surface area contributed by atoms with Crippen LogP contribution < -0.4 is 0 Å². The van der Waals surface area contributed by atoms with Crippen LogP contribution in [0.25, 0.3) is 0 Å². The van der Waals surface area contributed by atoms with Gasteiger partial charge < -0.3 is 0 Å². The standard InChI is InChI=1S/C11H12BrClOS/c1-7(14)11(13)10-8(6-12)4-3-5-9(10)15-2/h3-5,11H,6H2,1-2H3. The second-order valence-corrected chi connectivity index (χ2v) is 4.99. The van der Waals surface area contributed by atoms with Crippen LogP contribution in [-0.2, 0) is 10.1 Å². The lowest BCUT2D eigenvalue weighted by atomic mass is 10.0. The van der Waals surface area contributed by atoms with Gasteiger partial charge in [0.25, 0.3) is 0 Å². The Morgan fingerprint density at radius 2 is 2.27 bits per heavy atom. The Morgan fingerprint density at radius 3 is 2.73 bits per heavy atom. The quantitative estimate of drug-likeness (QED) is 0.613. The number of thioether (sulfide) groups is 1. The van der Waals surface area contributed by atoms with Crippen molar-refractivity contribution in [3.63, 3.8) is 0 Å². The summed E-state index contributed by atoms with van der Waals surface area (Å²) in [4.78, 5) is 12.4. The Morgan fingerprint density at radius 1 is 1.60 bits per heavy atom. The molecule has 0 amide bonds. The molecule has 0 heterocycles. The van der Waals surface area contributed by atoms with Crippen molar-refractivity contribution < 1.29 is 4.79 Å². The second-order valence-electron chi connectivity index (χ2n) is 3.14. The van der Waals surface area contributed by atoms with Gasteiger partial charge in [0.05, 0.1) is 0 Å². The Hall–Kier alpha value is 0.01000. The molecule has 0 bridgehead atoms. The molecular formula is C11H12BrClOS. The summed E-state index contributed by atoms with van der Waals surface area (Å²) in [5, 5.41) is 0.175. The fourth-order valence-electron chi connectivity index (χ4n) is 1.37. The van der Waals surface area contributed by atoms with E-state index in [0.717, 1.165) is 16.0 Å².